The minimum absolute atomic E-state index is 0. The van der Waals surface area contributed by atoms with Crippen LogP contribution < -0.4 is 0 Å². The molecule has 0 aromatic carbocycles. The quantitative estimate of drug-likeness (QED) is 0.718. The van der Waals surface area contributed by atoms with Crippen molar-refractivity contribution in [3.05, 3.63) is 0 Å². The summed E-state index contributed by atoms with van der Waals surface area (Å²) in [5.41, 5.74) is 0. The number of nitrogens with zero attached hydrogens (tertiary/aromatic N) is 1. The summed E-state index contributed by atoms with van der Waals surface area (Å²) >= 11 is 0. The SMILES string of the molecule is CC(C)C1CCN(C(=O)O)CC1.Cl. The smallest absolute Gasteiger partial charge is 0.407 e. The Morgan fingerprint density at radius 3 is 2.15 bits per heavy atom. The largest absolute Gasteiger partial charge is 0.465 e. The molecule has 0 aliphatic carbocycles. The average Bonchev–Trinajstić information content (AvgIpc) is 2.04. The highest BCUT2D eigenvalue weighted by atomic mass is 35.5. The first-order valence-corrected chi connectivity index (χ1v) is 4.59. The molecule has 3 nitrogen and oxygen atoms in total. The molecule has 1 aliphatic heterocycles. The predicted molar refractivity (Wildman–Crippen MR) is 54.4 cm³/mol. The third kappa shape index (κ3) is 3.43. The zero-order valence-corrected chi connectivity index (χ0v) is 9.01. The average molecular weight is 208 g/mol. The fraction of sp³-hybridized carbons (Fsp3) is 0.889. The van der Waals surface area contributed by atoms with Crippen molar-refractivity contribution in [1.29, 1.82) is 0 Å². The molecule has 1 saturated heterocycles. The Hall–Kier alpha value is -0.440. The zero-order chi connectivity index (χ0) is 9.14. The highest BCUT2D eigenvalue weighted by Crippen LogP contribution is 2.24. The van der Waals surface area contributed by atoms with Gasteiger partial charge in [0.25, 0.3) is 0 Å². The van der Waals surface area contributed by atoms with Crippen LogP contribution in [-0.4, -0.2) is 29.2 Å². The lowest BCUT2D eigenvalue weighted by atomic mass is 9.87. The van der Waals surface area contributed by atoms with Crippen LogP contribution in [0.25, 0.3) is 0 Å². The van der Waals surface area contributed by atoms with Gasteiger partial charge in [-0.15, -0.1) is 12.4 Å². The molecule has 1 heterocycles. The number of amides is 1. The third-order valence-corrected chi connectivity index (χ3v) is 2.75. The first kappa shape index (κ1) is 12.6. The molecule has 0 aromatic rings. The fourth-order valence-electron chi connectivity index (χ4n) is 1.76. The van der Waals surface area contributed by atoms with Crippen LogP contribution >= 0.6 is 12.4 Å². The first-order valence-electron chi connectivity index (χ1n) is 4.59. The number of piperidine rings is 1. The third-order valence-electron chi connectivity index (χ3n) is 2.75. The number of rotatable bonds is 1. The molecule has 13 heavy (non-hydrogen) atoms. The maximum atomic E-state index is 10.6. The Morgan fingerprint density at radius 1 is 1.38 bits per heavy atom. The summed E-state index contributed by atoms with van der Waals surface area (Å²) in [6, 6.07) is 0. The predicted octanol–water partition coefficient (Wildman–Crippen LogP) is 2.45. The van der Waals surface area contributed by atoms with Crippen LogP contribution in [-0.2, 0) is 0 Å². The number of carbonyl (C=O) groups is 1. The van der Waals surface area contributed by atoms with Crippen molar-refractivity contribution < 1.29 is 9.90 Å². The molecule has 0 bridgehead atoms. The van der Waals surface area contributed by atoms with E-state index in [1.165, 1.54) is 4.90 Å². The van der Waals surface area contributed by atoms with Gasteiger partial charge < -0.3 is 10.0 Å². The molecule has 0 aromatic heterocycles. The van der Waals surface area contributed by atoms with Gasteiger partial charge in [0, 0.05) is 13.1 Å². The van der Waals surface area contributed by atoms with Gasteiger partial charge in [0.05, 0.1) is 0 Å². The van der Waals surface area contributed by atoms with Gasteiger partial charge in [0.1, 0.15) is 0 Å². The molecule has 0 spiro atoms. The lowest BCUT2D eigenvalue weighted by molar-refractivity contribution is 0.116. The van der Waals surface area contributed by atoms with Crippen molar-refractivity contribution in [1.82, 2.24) is 4.90 Å². The van der Waals surface area contributed by atoms with E-state index < -0.39 is 6.09 Å². The molecule has 78 valence electrons. The molecular formula is C9H18ClNO2. The second-order valence-corrected chi connectivity index (χ2v) is 3.85. The van der Waals surface area contributed by atoms with Crippen LogP contribution in [0.15, 0.2) is 0 Å². The van der Waals surface area contributed by atoms with E-state index in [-0.39, 0.29) is 12.4 Å². The van der Waals surface area contributed by atoms with Crippen molar-refractivity contribution >= 4 is 18.5 Å². The normalized spacial score (nSPS) is 18.5. The summed E-state index contributed by atoms with van der Waals surface area (Å²) in [7, 11) is 0. The number of hydrogen-bond donors (Lipinski definition) is 1. The molecular weight excluding hydrogens is 190 g/mol. The van der Waals surface area contributed by atoms with Crippen LogP contribution in [0, 0.1) is 11.8 Å². The summed E-state index contributed by atoms with van der Waals surface area (Å²) in [5.74, 6) is 1.42. The van der Waals surface area contributed by atoms with E-state index in [4.69, 9.17) is 5.11 Å². The monoisotopic (exact) mass is 207 g/mol. The molecule has 1 aliphatic rings. The molecule has 4 heteroatoms. The second kappa shape index (κ2) is 5.32. The number of halogens is 1. The highest BCUT2D eigenvalue weighted by molar-refractivity contribution is 5.85. The van der Waals surface area contributed by atoms with Crippen LogP contribution in [0.5, 0.6) is 0 Å². The van der Waals surface area contributed by atoms with E-state index in [1.807, 2.05) is 0 Å². The Balaban J connectivity index is 0.00000144. The molecule has 0 saturated carbocycles. The van der Waals surface area contributed by atoms with Crippen molar-refractivity contribution in [2.75, 3.05) is 13.1 Å². The van der Waals surface area contributed by atoms with E-state index >= 15 is 0 Å². The van der Waals surface area contributed by atoms with Gasteiger partial charge in [-0.25, -0.2) is 4.79 Å². The molecule has 1 N–H and O–H groups in total. The molecule has 0 radical (unpaired) electrons. The molecule has 1 amide bonds. The van der Waals surface area contributed by atoms with Gasteiger partial charge in [0.2, 0.25) is 0 Å². The van der Waals surface area contributed by atoms with Gasteiger partial charge in [-0.05, 0) is 24.7 Å². The van der Waals surface area contributed by atoms with Crippen LogP contribution in [0.1, 0.15) is 26.7 Å². The topological polar surface area (TPSA) is 40.5 Å². The Bertz CT molecular complexity index is 165. The summed E-state index contributed by atoms with van der Waals surface area (Å²) in [4.78, 5) is 12.1. The van der Waals surface area contributed by atoms with Crippen molar-refractivity contribution in [2.24, 2.45) is 11.8 Å². The summed E-state index contributed by atoms with van der Waals surface area (Å²) in [6.07, 6.45) is 1.30. The van der Waals surface area contributed by atoms with Crippen LogP contribution in [0.2, 0.25) is 0 Å². The van der Waals surface area contributed by atoms with E-state index in [2.05, 4.69) is 13.8 Å². The van der Waals surface area contributed by atoms with Gasteiger partial charge in [-0.1, -0.05) is 13.8 Å². The summed E-state index contributed by atoms with van der Waals surface area (Å²) in [6.45, 7) is 5.86. The number of likely N-dealkylation sites (tertiary alicyclic amines) is 1. The maximum absolute atomic E-state index is 10.6. The minimum Gasteiger partial charge on any atom is -0.465 e. The Morgan fingerprint density at radius 2 is 1.85 bits per heavy atom. The molecule has 0 atom stereocenters. The van der Waals surface area contributed by atoms with Crippen molar-refractivity contribution in [2.45, 2.75) is 26.7 Å². The lowest BCUT2D eigenvalue weighted by Gasteiger charge is -2.31. The summed E-state index contributed by atoms with van der Waals surface area (Å²) < 4.78 is 0. The van der Waals surface area contributed by atoms with Crippen LogP contribution in [0.4, 0.5) is 4.79 Å². The standard InChI is InChI=1S/C9H17NO2.ClH/c1-7(2)8-3-5-10(6-4-8)9(11)12;/h7-8H,3-6H2,1-2H3,(H,11,12);1H. The van der Waals surface area contributed by atoms with Crippen molar-refractivity contribution in [3.8, 4) is 0 Å². The highest BCUT2D eigenvalue weighted by Gasteiger charge is 2.23. The molecule has 1 fully saturated rings. The van der Waals surface area contributed by atoms with Gasteiger partial charge in [0.15, 0.2) is 0 Å². The van der Waals surface area contributed by atoms with Gasteiger partial charge >= 0.3 is 6.09 Å². The second-order valence-electron chi connectivity index (χ2n) is 3.85. The van der Waals surface area contributed by atoms with Crippen LogP contribution in [0.3, 0.4) is 0 Å². The number of hydrogen-bond acceptors (Lipinski definition) is 1. The minimum atomic E-state index is -0.766. The molecule has 1 rings (SSSR count). The Kier molecular flexibility index (Phi) is 5.14. The van der Waals surface area contributed by atoms with E-state index in [0.29, 0.717) is 5.92 Å². The first-order chi connectivity index (χ1) is 5.61. The lowest BCUT2D eigenvalue weighted by Crippen LogP contribution is -2.38. The van der Waals surface area contributed by atoms with Crippen molar-refractivity contribution in [3.63, 3.8) is 0 Å². The summed E-state index contributed by atoms with van der Waals surface area (Å²) in [5, 5.41) is 8.69. The zero-order valence-electron chi connectivity index (χ0n) is 8.19. The van der Waals surface area contributed by atoms with E-state index in [1.54, 1.807) is 0 Å². The van der Waals surface area contributed by atoms with E-state index in [0.717, 1.165) is 31.8 Å². The fourth-order valence-corrected chi connectivity index (χ4v) is 1.76. The van der Waals surface area contributed by atoms with Gasteiger partial charge in [-0.3, -0.25) is 0 Å². The maximum Gasteiger partial charge on any atom is 0.407 e. The number of carboxylic acid groups (broad SMARTS) is 1. The van der Waals surface area contributed by atoms with Gasteiger partial charge in [-0.2, -0.15) is 0 Å². The molecule has 0 unspecified atom stereocenters. The Labute approximate surface area is 85.5 Å². The van der Waals surface area contributed by atoms with E-state index in [9.17, 15) is 4.79 Å².